The number of nitrogens with zero attached hydrogens (tertiary/aromatic N) is 2. The number of hydrogen-bond donors (Lipinski definition) is 1. The van der Waals surface area contributed by atoms with Crippen molar-refractivity contribution in [2.24, 2.45) is 0 Å². The van der Waals surface area contributed by atoms with Crippen LogP contribution in [0.25, 0.3) is 21.5 Å². The predicted octanol–water partition coefficient (Wildman–Crippen LogP) is 3.27. The topological polar surface area (TPSA) is 64.1 Å². The number of rotatable bonds is 4. The van der Waals surface area contributed by atoms with Crippen LogP contribution in [0.3, 0.4) is 0 Å². The van der Waals surface area contributed by atoms with E-state index >= 15 is 0 Å². The van der Waals surface area contributed by atoms with Crippen LogP contribution in [-0.2, 0) is 4.74 Å². The van der Waals surface area contributed by atoms with Crippen molar-refractivity contribution in [2.75, 3.05) is 13.2 Å². The quantitative estimate of drug-likeness (QED) is 0.792. The van der Waals surface area contributed by atoms with E-state index in [1.54, 1.807) is 17.7 Å². The number of thiophene rings is 1. The van der Waals surface area contributed by atoms with E-state index < -0.39 is 0 Å². The van der Waals surface area contributed by atoms with Crippen molar-refractivity contribution >= 4 is 27.5 Å². The highest BCUT2D eigenvalue weighted by Crippen LogP contribution is 2.29. The molecule has 1 N–H and O–H groups in total. The smallest absolute Gasteiger partial charge is 0.251 e. The first-order valence-electron chi connectivity index (χ1n) is 8.00. The van der Waals surface area contributed by atoms with E-state index in [0.717, 1.165) is 40.9 Å². The summed E-state index contributed by atoms with van der Waals surface area (Å²) < 4.78 is 6.58. The molecule has 0 aliphatic carbocycles. The van der Waals surface area contributed by atoms with Gasteiger partial charge in [-0.2, -0.15) is 0 Å². The molecule has 1 saturated heterocycles. The van der Waals surface area contributed by atoms with Crippen LogP contribution in [0.2, 0.25) is 0 Å². The van der Waals surface area contributed by atoms with Crippen LogP contribution in [0, 0.1) is 0 Å². The molecule has 3 heterocycles. The van der Waals surface area contributed by atoms with Gasteiger partial charge < -0.3 is 10.1 Å². The first kappa shape index (κ1) is 15.2. The number of amides is 1. The van der Waals surface area contributed by atoms with Gasteiger partial charge in [-0.15, -0.1) is 11.3 Å². The molecule has 0 bridgehead atoms. The van der Waals surface area contributed by atoms with Crippen LogP contribution in [0.1, 0.15) is 23.2 Å². The third-order valence-corrected chi connectivity index (χ3v) is 5.09. The summed E-state index contributed by atoms with van der Waals surface area (Å²) in [6.45, 7) is 1.37. The summed E-state index contributed by atoms with van der Waals surface area (Å²) in [7, 11) is 0. The molecule has 5 nitrogen and oxygen atoms in total. The van der Waals surface area contributed by atoms with Crippen molar-refractivity contribution in [3.05, 3.63) is 47.6 Å². The number of aromatic nitrogens is 2. The van der Waals surface area contributed by atoms with Crippen molar-refractivity contribution < 1.29 is 9.53 Å². The summed E-state index contributed by atoms with van der Waals surface area (Å²) in [5, 5.41) is 4.95. The maximum absolute atomic E-state index is 12.2. The second kappa shape index (κ2) is 6.67. The third kappa shape index (κ3) is 3.02. The van der Waals surface area contributed by atoms with Crippen LogP contribution >= 0.6 is 11.3 Å². The number of fused-ring (bicyclic) bond motifs is 1. The van der Waals surface area contributed by atoms with Crippen LogP contribution in [0.15, 0.2) is 42.0 Å². The molecule has 4 rings (SSSR count). The highest BCUT2D eigenvalue weighted by atomic mass is 32.1. The minimum Gasteiger partial charge on any atom is -0.376 e. The average Bonchev–Trinajstić information content (AvgIpc) is 3.31. The number of benzene rings is 1. The Balaban J connectivity index is 1.50. The Hall–Kier alpha value is -2.31. The predicted molar refractivity (Wildman–Crippen MR) is 94.2 cm³/mol. The number of hydrogen-bond acceptors (Lipinski definition) is 5. The van der Waals surface area contributed by atoms with Gasteiger partial charge in [0.1, 0.15) is 6.33 Å². The lowest BCUT2D eigenvalue weighted by molar-refractivity contribution is 0.0858. The number of nitrogens with one attached hydrogen (secondary N) is 1. The van der Waals surface area contributed by atoms with E-state index in [2.05, 4.69) is 15.3 Å². The summed E-state index contributed by atoms with van der Waals surface area (Å²) in [4.78, 5) is 20.9. The molecule has 1 amide bonds. The van der Waals surface area contributed by atoms with Crippen molar-refractivity contribution in [2.45, 2.75) is 18.9 Å². The zero-order chi connectivity index (χ0) is 16.4. The first-order chi connectivity index (χ1) is 11.8. The van der Waals surface area contributed by atoms with Crippen LogP contribution in [0.5, 0.6) is 0 Å². The van der Waals surface area contributed by atoms with Gasteiger partial charge in [-0.05, 0) is 36.4 Å². The Bertz CT molecular complexity index is 854. The standard InChI is InChI=1S/C18H17N3O2S/c22-18(19-10-14-2-1-8-23-14)13-5-3-12(4-6-13)16-17-15(7-9-24-17)20-11-21-16/h3-7,9,11,14H,1-2,8,10H2,(H,19,22)/t14-/m0/s1. The SMILES string of the molecule is O=C(NC[C@@H]1CCCO1)c1ccc(-c2ncnc3ccsc23)cc1. The molecule has 0 saturated carbocycles. The van der Waals surface area contributed by atoms with Gasteiger partial charge in [-0.3, -0.25) is 4.79 Å². The monoisotopic (exact) mass is 339 g/mol. The van der Waals surface area contributed by atoms with E-state index in [4.69, 9.17) is 4.74 Å². The second-order valence-corrected chi connectivity index (χ2v) is 6.70. The zero-order valence-electron chi connectivity index (χ0n) is 13.1. The number of carbonyl (C=O) groups excluding carboxylic acids is 1. The molecular weight excluding hydrogens is 322 g/mol. The minimum atomic E-state index is -0.0685. The lowest BCUT2D eigenvalue weighted by atomic mass is 10.1. The fourth-order valence-corrected chi connectivity index (χ4v) is 3.74. The van der Waals surface area contributed by atoms with Gasteiger partial charge in [0, 0.05) is 24.3 Å². The van der Waals surface area contributed by atoms with Crippen molar-refractivity contribution in [1.29, 1.82) is 0 Å². The Kier molecular flexibility index (Phi) is 4.23. The minimum absolute atomic E-state index is 0.0685. The van der Waals surface area contributed by atoms with Crippen LogP contribution in [-0.4, -0.2) is 35.1 Å². The Morgan fingerprint density at radius 2 is 2.12 bits per heavy atom. The van der Waals surface area contributed by atoms with E-state index in [1.807, 2.05) is 35.7 Å². The first-order valence-corrected chi connectivity index (χ1v) is 8.88. The molecule has 0 spiro atoms. The molecule has 1 atom stereocenters. The second-order valence-electron chi connectivity index (χ2n) is 5.78. The molecule has 24 heavy (non-hydrogen) atoms. The van der Waals surface area contributed by atoms with Gasteiger partial charge in [0.15, 0.2) is 0 Å². The average molecular weight is 339 g/mol. The summed E-state index contributed by atoms with van der Waals surface area (Å²) in [5.74, 6) is -0.0685. The summed E-state index contributed by atoms with van der Waals surface area (Å²) in [6, 6.07) is 9.52. The largest absolute Gasteiger partial charge is 0.376 e. The summed E-state index contributed by atoms with van der Waals surface area (Å²) in [5.41, 5.74) is 3.48. The van der Waals surface area contributed by atoms with Crippen molar-refractivity contribution in [3.8, 4) is 11.3 Å². The molecule has 6 heteroatoms. The highest BCUT2D eigenvalue weighted by Gasteiger charge is 2.16. The van der Waals surface area contributed by atoms with E-state index in [0.29, 0.717) is 12.1 Å². The maximum Gasteiger partial charge on any atom is 0.251 e. The van der Waals surface area contributed by atoms with E-state index in [9.17, 15) is 4.79 Å². The molecule has 1 fully saturated rings. The summed E-state index contributed by atoms with van der Waals surface area (Å²) in [6.07, 6.45) is 3.82. The summed E-state index contributed by atoms with van der Waals surface area (Å²) >= 11 is 1.62. The fraction of sp³-hybridized carbons (Fsp3) is 0.278. The molecule has 0 unspecified atom stereocenters. The fourth-order valence-electron chi connectivity index (χ4n) is 2.89. The Morgan fingerprint density at radius 3 is 2.92 bits per heavy atom. The van der Waals surface area contributed by atoms with Gasteiger partial charge in [-0.1, -0.05) is 12.1 Å². The molecule has 0 radical (unpaired) electrons. The van der Waals surface area contributed by atoms with E-state index in [1.165, 1.54) is 0 Å². The van der Waals surface area contributed by atoms with Crippen molar-refractivity contribution in [1.82, 2.24) is 15.3 Å². The third-order valence-electron chi connectivity index (χ3n) is 4.18. The molecule has 3 aromatic rings. The lowest BCUT2D eigenvalue weighted by Crippen LogP contribution is -2.31. The van der Waals surface area contributed by atoms with Gasteiger partial charge in [0.05, 0.1) is 22.0 Å². The Morgan fingerprint density at radius 1 is 1.25 bits per heavy atom. The molecule has 1 aliphatic rings. The maximum atomic E-state index is 12.2. The van der Waals surface area contributed by atoms with Gasteiger partial charge in [-0.25, -0.2) is 9.97 Å². The molecule has 1 aromatic carbocycles. The van der Waals surface area contributed by atoms with Gasteiger partial charge in [0.25, 0.3) is 5.91 Å². The molecule has 1 aliphatic heterocycles. The van der Waals surface area contributed by atoms with Crippen LogP contribution < -0.4 is 5.32 Å². The normalized spacial score (nSPS) is 17.2. The molecular formula is C18H17N3O2S. The number of ether oxygens (including phenoxy) is 1. The van der Waals surface area contributed by atoms with Crippen LogP contribution in [0.4, 0.5) is 0 Å². The zero-order valence-corrected chi connectivity index (χ0v) is 13.9. The van der Waals surface area contributed by atoms with E-state index in [-0.39, 0.29) is 12.0 Å². The molecule has 2 aromatic heterocycles. The van der Waals surface area contributed by atoms with Gasteiger partial charge >= 0.3 is 0 Å². The highest BCUT2D eigenvalue weighted by molar-refractivity contribution is 7.17. The lowest BCUT2D eigenvalue weighted by Gasteiger charge is -2.11. The number of carbonyl (C=O) groups is 1. The molecule has 122 valence electrons. The Labute approximate surface area is 143 Å². The van der Waals surface area contributed by atoms with Crippen molar-refractivity contribution in [3.63, 3.8) is 0 Å². The van der Waals surface area contributed by atoms with Gasteiger partial charge in [0.2, 0.25) is 0 Å².